The van der Waals surface area contributed by atoms with E-state index in [1.54, 1.807) is 18.7 Å². The number of carbonyl (C=O) groups is 1. The number of hydrogen-bond donors (Lipinski definition) is 1. The molecule has 0 bridgehead atoms. The monoisotopic (exact) mass is 381 g/mol. The van der Waals surface area contributed by atoms with Crippen LogP contribution in [0.1, 0.15) is 12.5 Å². The molecular weight excluding hydrogens is 361 g/mol. The minimum atomic E-state index is -0.691. The number of benzene rings is 3. The molecule has 138 valence electrons. The molecule has 1 unspecified atom stereocenters. The van der Waals surface area contributed by atoms with Gasteiger partial charge in [-0.2, -0.15) is 0 Å². The Morgan fingerprint density at radius 3 is 2.33 bits per heavy atom. The molecule has 5 heteroatoms. The van der Waals surface area contributed by atoms with Gasteiger partial charge in [-0.25, -0.2) is 4.39 Å². The number of ether oxygens (including phenoxy) is 1. The Hall–Kier alpha value is -2.79. The van der Waals surface area contributed by atoms with Gasteiger partial charge in [0.2, 0.25) is 0 Å². The maximum Gasteiger partial charge on any atom is 0.265 e. The lowest BCUT2D eigenvalue weighted by atomic mass is 10.2. The number of carbonyl (C=O) groups excluding carboxylic acids is 1. The molecule has 3 aromatic rings. The summed E-state index contributed by atoms with van der Waals surface area (Å²) in [6.45, 7) is 1.66. The topological polar surface area (TPSA) is 38.3 Å². The predicted octanol–water partition coefficient (Wildman–Crippen LogP) is 5.52. The van der Waals surface area contributed by atoms with E-state index < -0.39 is 6.10 Å². The number of hydrogen-bond acceptors (Lipinski definition) is 3. The van der Waals surface area contributed by atoms with E-state index in [0.717, 1.165) is 5.75 Å². The molecule has 0 spiro atoms. The third kappa shape index (κ3) is 5.86. The number of thioether (sulfide) groups is 1. The molecule has 0 saturated carbocycles. The van der Waals surface area contributed by atoms with E-state index in [1.165, 1.54) is 34.7 Å². The zero-order chi connectivity index (χ0) is 19.1. The lowest BCUT2D eigenvalue weighted by Crippen LogP contribution is -2.30. The highest BCUT2D eigenvalue weighted by Crippen LogP contribution is 2.23. The Labute approximate surface area is 162 Å². The second kappa shape index (κ2) is 9.24. The van der Waals surface area contributed by atoms with Gasteiger partial charge < -0.3 is 10.1 Å². The summed E-state index contributed by atoms with van der Waals surface area (Å²) in [5.41, 5.74) is 1.89. The Morgan fingerprint density at radius 2 is 1.67 bits per heavy atom. The van der Waals surface area contributed by atoms with Gasteiger partial charge in [0.15, 0.2) is 6.10 Å². The van der Waals surface area contributed by atoms with Gasteiger partial charge in [0, 0.05) is 16.3 Å². The van der Waals surface area contributed by atoms with Crippen LogP contribution in [-0.2, 0) is 10.5 Å². The van der Waals surface area contributed by atoms with Crippen molar-refractivity contribution < 1.29 is 13.9 Å². The molecule has 0 aliphatic rings. The fraction of sp³-hybridized carbons (Fsp3) is 0.136. The predicted molar refractivity (Wildman–Crippen MR) is 108 cm³/mol. The van der Waals surface area contributed by atoms with Gasteiger partial charge in [0.1, 0.15) is 11.6 Å². The number of nitrogens with one attached hydrogen (secondary N) is 1. The first-order chi connectivity index (χ1) is 13.1. The Kier molecular flexibility index (Phi) is 6.49. The standard InChI is InChI=1S/C22H20FNO2S/c1-16(26-20-13-9-18(23)10-14-20)22(25)24-19-11-7-17(8-12-19)15-27-21-5-3-2-4-6-21/h2-14,16H,15H2,1H3,(H,24,25). The summed E-state index contributed by atoms with van der Waals surface area (Å²) in [7, 11) is 0. The average molecular weight is 381 g/mol. The molecule has 1 N–H and O–H groups in total. The summed E-state index contributed by atoms with van der Waals surface area (Å²) in [6.07, 6.45) is -0.691. The quantitative estimate of drug-likeness (QED) is 0.547. The van der Waals surface area contributed by atoms with Gasteiger partial charge in [-0.15, -0.1) is 11.8 Å². The molecule has 0 aromatic heterocycles. The highest BCUT2D eigenvalue weighted by molar-refractivity contribution is 7.98. The van der Waals surface area contributed by atoms with Crippen molar-refractivity contribution in [1.29, 1.82) is 0 Å². The minimum absolute atomic E-state index is 0.259. The van der Waals surface area contributed by atoms with Crippen LogP contribution in [0.25, 0.3) is 0 Å². The molecule has 0 saturated heterocycles. The van der Waals surface area contributed by atoms with E-state index in [4.69, 9.17) is 4.74 Å². The highest BCUT2D eigenvalue weighted by Gasteiger charge is 2.15. The zero-order valence-electron chi connectivity index (χ0n) is 14.9. The molecule has 3 nitrogen and oxygen atoms in total. The van der Waals surface area contributed by atoms with Crippen molar-refractivity contribution in [3.63, 3.8) is 0 Å². The molecular formula is C22H20FNO2S. The summed E-state index contributed by atoms with van der Waals surface area (Å²) >= 11 is 1.77. The van der Waals surface area contributed by atoms with Crippen LogP contribution in [0, 0.1) is 5.82 Å². The van der Waals surface area contributed by atoms with Gasteiger partial charge in [-0.1, -0.05) is 30.3 Å². The zero-order valence-corrected chi connectivity index (χ0v) is 15.7. The van der Waals surface area contributed by atoms with Gasteiger partial charge >= 0.3 is 0 Å². The largest absolute Gasteiger partial charge is 0.481 e. The number of rotatable bonds is 7. The molecule has 3 aromatic carbocycles. The van der Waals surface area contributed by atoms with Crippen LogP contribution in [0.5, 0.6) is 5.75 Å². The molecule has 0 heterocycles. The molecule has 1 atom stereocenters. The first kappa shape index (κ1) is 19.0. The first-order valence-corrected chi connectivity index (χ1v) is 9.58. The van der Waals surface area contributed by atoms with Crippen molar-refractivity contribution in [2.75, 3.05) is 5.32 Å². The van der Waals surface area contributed by atoms with Crippen molar-refractivity contribution in [1.82, 2.24) is 0 Å². The van der Waals surface area contributed by atoms with Gasteiger partial charge in [0.25, 0.3) is 5.91 Å². The Bertz CT molecular complexity index is 867. The summed E-state index contributed by atoms with van der Waals surface area (Å²) < 4.78 is 18.5. The van der Waals surface area contributed by atoms with E-state index >= 15 is 0 Å². The molecule has 0 aliphatic heterocycles. The number of amides is 1. The van der Waals surface area contributed by atoms with Crippen molar-refractivity contribution in [2.24, 2.45) is 0 Å². The fourth-order valence-corrected chi connectivity index (χ4v) is 3.26. The van der Waals surface area contributed by atoms with Crippen molar-refractivity contribution in [3.05, 3.63) is 90.2 Å². The summed E-state index contributed by atoms with van der Waals surface area (Å²) in [5.74, 6) is 0.713. The van der Waals surface area contributed by atoms with Crippen LogP contribution in [0.4, 0.5) is 10.1 Å². The van der Waals surface area contributed by atoms with Crippen LogP contribution >= 0.6 is 11.8 Å². The molecule has 3 rings (SSSR count). The van der Waals surface area contributed by atoms with Crippen molar-refractivity contribution in [2.45, 2.75) is 23.7 Å². The SMILES string of the molecule is CC(Oc1ccc(F)cc1)C(=O)Nc1ccc(CSc2ccccc2)cc1. The molecule has 0 radical (unpaired) electrons. The number of halogens is 1. The highest BCUT2D eigenvalue weighted by atomic mass is 32.2. The second-order valence-corrected chi connectivity index (χ2v) is 7.05. The maximum atomic E-state index is 12.9. The van der Waals surface area contributed by atoms with Crippen molar-refractivity contribution >= 4 is 23.4 Å². The molecule has 0 fully saturated rings. The lowest BCUT2D eigenvalue weighted by Gasteiger charge is -2.15. The summed E-state index contributed by atoms with van der Waals surface area (Å²) in [5, 5.41) is 2.83. The van der Waals surface area contributed by atoms with Gasteiger partial charge in [-0.05, 0) is 61.0 Å². The lowest BCUT2D eigenvalue weighted by molar-refractivity contribution is -0.122. The van der Waals surface area contributed by atoms with Crippen LogP contribution in [-0.4, -0.2) is 12.0 Å². The van der Waals surface area contributed by atoms with E-state index in [9.17, 15) is 9.18 Å². The molecule has 27 heavy (non-hydrogen) atoms. The van der Waals surface area contributed by atoms with Crippen LogP contribution < -0.4 is 10.1 Å². The first-order valence-electron chi connectivity index (χ1n) is 8.60. The molecule has 0 aliphatic carbocycles. The van der Waals surface area contributed by atoms with Crippen LogP contribution in [0.3, 0.4) is 0 Å². The van der Waals surface area contributed by atoms with E-state index in [2.05, 4.69) is 17.4 Å². The van der Waals surface area contributed by atoms with Crippen molar-refractivity contribution in [3.8, 4) is 5.75 Å². The summed E-state index contributed by atoms with van der Waals surface area (Å²) in [6, 6.07) is 23.6. The van der Waals surface area contributed by atoms with Gasteiger partial charge in [0.05, 0.1) is 0 Å². The Morgan fingerprint density at radius 1 is 1.00 bits per heavy atom. The van der Waals surface area contributed by atoms with E-state index in [1.807, 2.05) is 42.5 Å². The maximum absolute atomic E-state index is 12.9. The Balaban J connectivity index is 1.51. The van der Waals surface area contributed by atoms with Crippen LogP contribution in [0.2, 0.25) is 0 Å². The normalized spacial score (nSPS) is 11.6. The summed E-state index contributed by atoms with van der Waals surface area (Å²) in [4.78, 5) is 13.5. The smallest absolute Gasteiger partial charge is 0.265 e. The third-order valence-corrected chi connectivity index (χ3v) is 4.95. The average Bonchev–Trinajstić information content (AvgIpc) is 2.70. The fourth-order valence-electron chi connectivity index (χ4n) is 2.38. The van der Waals surface area contributed by atoms with Crippen LogP contribution in [0.15, 0.2) is 83.8 Å². The molecule has 1 amide bonds. The van der Waals surface area contributed by atoms with E-state index in [0.29, 0.717) is 11.4 Å². The van der Waals surface area contributed by atoms with Gasteiger partial charge in [-0.3, -0.25) is 4.79 Å². The minimum Gasteiger partial charge on any atom is -0.481 e. The van der Waals surface area contributed by atoms with E-state index in [-0.39, 0.29) is 11.7 Å². The number of anilines is 1. The second-order valence-electron chi connectivity index (χ2n) is 6.00. The third-order valence-electron chi connectivity index (χ3n) is 3.87.